The first kappa shape index (κ1) is 18.1. The molecule has 134 valence electrons. The van der Waals surface area contributed by atoms with Crippen LogP contribution in [-0.4, -0.2) is 43.8 Å². The molecule has 3 heterocycles. The molecule has 0 radical (unpaired) electrons. The zero-order valence-electron chi connectivity index (χ0n) is 14.2. The summed E-state index contributed by atoms with van der Waals surface area (Å²) in [5.41, 5.74) is 2.76. The molecule has 0 aliphatic carbocycles. The van der Waals surface area contributed by atoms with Gasteiger partial charge in [0, 0.05) is 37.1 Å². The number of pyridine rings is 2. The minimum Gasteiger partial charge on any atom is -0.356 e. The molecule has 0 saturated carbocycles. The predicted octanol–water partition coefficient (Wildman–Crippen LogP) is 2.62. The molecule has 3 rings (SSSR count). The summed E-state index contributed by atoms with van der Waals surface area (Å²) in [6, 6.07) is 5.88. The lowest BCUT2D eigenvalue weighted by Gasteiger charge is -2.33. The number of sulfonamides is 1. The third kappa shape index (κ3) is 4.68. The van der Waals surface area contributed by atoms with Crippen LogP contribution < -0.4 is 9.62 Å². The maximum absolute atomic E-state index is 11.4. The summed E-state index contributed by atoms with van der Waals surface area (Å²) in [5.74, 6) is 0.833. The van der Waals surface area contributed by atoms with Crippen molar-refractivity contribution in [1.29, 1.82) is 0 Å². The summed E-state index contributed by atoms with van der Waals surface area (Å²) < 4.78 is 25.4. The molecule has 0 atom stereocenters. The van der Waals surface area contributed by atoms with Gasteiger partial charge in [-0.05, 0) is 37.5 Å². The van der Waals surface area contributed by atoms with E-state index in [1.807, 2.05) is 31.3 Å². The van der Waals surface area contributed by atoms with Crippen LogP contribution in [0.1, 0.15) is 18.4 Å². The van der Waals surface area contributed by atoms with E-state index >= 15 is 0 Å². The molecule has 1 aliphatic rings. The lowest BCUT2D eigenvalue weighted by molar-refractivity contribution is 0.460. The number of piperidine rings is 1. The molecule has 6 nitrogen and oxygen atoms in total. The number of anilines is 1. The van der Waals surface area contributed by atoms with Gasteiger partial charge in [-0.1, -0.05) is 17.7 Å². The highest BCUT2D eigenvalue weighted by atomic mass is 35.5. The van der Waals surface area contributed by atoms with Gasteiger partial charge in [0.1, 0.15) is 5.82 Å². The quantitative estimate of drug-likeness (QED) is 0.882. The summed E-state index contributed by atoms with van der Waals surface area (Å²) in [4.78, 5) is 11.0. The molecule has 0 spiro atoms. The monoisotopic (exact) mass is 380 g/mol. The van der Waals surface area contributed by atoms with E-state index in [-0.39, 0.29) is 6.04 Å². The van der Waals surface area contributed by atoms with Crippen molar-refractivity contribution in [2.24, 2.45) is 0 Å². The van der Waals surface area contributed by atoms with E-state index in [2.05, 4.69) is 19.6 Å². The number of halogens is 1. The summed E-state index contributed by atoms with van der Waals surface area (Å²) in [6.45, 7) is 3.47. The molecule has 2 aromatic rings. The van der Waals surface area contributed by atoms with Crippen molar-refractivity contribution in [2.75, 3.05) is 24.2 Å². The average molecular weight is 381 g/mol. The molecule has 25 heavy (non-hydrogen) atoms. The topological polar surface area (TPSA) is 75.2 Å². The Hall–Kier alpha value is -1.70. The molecule has 0 aromatic carbocycles. The third-order valence-corrected chi connectivity index (χ3v) is 5.29. The third-order valence-electron chi connectivity index (χ3n) is 4.23. The van der Waals surface area contributed by atoms with Crippen LogP contribution in [0.15, 0.2) is 30.6 Å². The molecular weight excluding hydrogens is 360 g/mol. The largest absolute Gasteiger partial charge is 0.356 e. The SMILES string of the molecule is Cc1ccc(-c2cc(N3CCC(NS(C)(=O)=O)CC3)ncc2Cl)nc1. The Labute approximate surface area is 153 Å². The number of rotatable bonds is 4. The summed E-state index contributed by atoms with van der Waals surface area (Å²) in [6.07, 6.45) is 6.15. The maximum atomic E-state index is 11.4. The lowest BCUT2D eigenvalue weighted by Crippen LogP contribution is -2.44. The Morgan fingerprint density at radius 3 is 2.52 bits per heavy atom. The number of hydrogen-bond acceptors (Lipinski definition) is 5. The van der Waals surface area contributed by atoms with Gasteiger partial charge in [-0.25, -0.2) is 18.1 Å². The van der Waals surface area contributed by atoms with E-state index in [1.165, 1.54) is 6.26 Å². The Morgan fingerprint density at radius 2 is 1.92 bits per heavy atom. The standard InChI is InChI=1S/C17H21ClN4O2S/c1-12-3-4-16(19-10-12)14-9-17(20-11-15(14)18)22-7-5-13(6-8-22)21-25(2,23)24/h3-4,9-11,13,21H,5-8H2,1-2H3. The number of nitrogens with one attached hydrogen (secondary N) is 1. The number of hydrogen-bond donors (Lipinski definition) is 1. The second-order valence-electron chi connectivity index (χ2n) is 6.39. The highest BCUT2D eigenvalue weighted by Crippen LogP contribution is 2.30. The van der Waals surface area contributed by atoms with Crippen molar-refractivity contribution in [2.45, 2.75) is 25.8 Å². The van der Waals surface area contributed by atoms with E-state index in [9.17, 15) is 8.42 Å². The smallest absolute Gasteiger partial charge is 0.208 e. The first-order valence-electron chi connectivity index (χ1n) is 8.12. The zero-order chi connectivity index (χ0) is 18.0. The van der Waals surface area contributed by atoms with Crippen LogP contribution in [0, 0.1) is 6.92 Å². The van der Waals surface area contributed by atoms with Crippen molar-refractivity contribution in [3.63, 3.8) is 0 Å². The number of nitrogens with zero attached hydrogens (tertiary/aromatic N) is 3. The minimum absolute atomic E-state index is 0.0169. The molecule has 0 unspecified atom stereocenters. The molecule has 2 aromatic heterocycles. The van der Waals surface area contributed by atoms with E-state index < -0.39 is 10.0 Å². The van der Waals surface area contributed by atoms with Crippen LogP contribution in [0.25, 0.3) is 11.3 Å². The van der Waals surface area contributed by atoms with Gasteiger partial charge in [0.05, 0.1) is 17.0 Å². The van der Waals surface area contributed by atoms with Crippen LogP contribution in [0.2, 0.25) is 5.02 Å². The molecule has 1 N–H and O–H groups in total. The highest BCUT2D eigenvalue weighted by Gasteiger charge is 2.23. The van der Waals surface area contributed by atoms with Gasteiger partial charge >= 0.3 is 0 Å². The highest BCUT2D eigenvalue weighted by molar-refractivity contribution is 7.88. The number of aryl methyl sites for hydroxylation is 1. The van der Waals surface area contributed by atoms with Crippen LogP contribution >= 0.6 is 11.6 Å². The summed E-state index contributed by atoms with van der Waals surface area (Å²) in [7, 11) is -3.17. The Morgan fingerprint density at radius 1 is 1.20 bits per heavy atom. The van der Waals surface area contributed by atoms with Crippen LogP contribution in [0.4, 0.5) is 5.82 Å². The molecule has 0 amide bonds. The fourth-order valence-corrected chi connectivity index (χ4v) is 3.99. The fourth-order valence-electron chi connectivity index (χ4n) is 2.95. The fraction of sp³-hybridized carbons (Fsp3) is 0.412. The van der Waals surface area contributed by atoms with E-state index in [0.717, 1.165) is 48.6 Å². The second-order valence-corrected chi connectivity index (χ2v) is 8.58. The van der Waals surface area contributed by atoms with Crippen molar-refractivity contribution in [1.82, 2.24) is 14.7 Å². The Bertz CT molecular complexity index is 847. The second kappa shape index (κ2) is 7.27. The van der Waals surface area contributed by atoms with Gasteiger partial charge in [-0.15, -0.1) is 0 Å². The molecule has 8 heteroatoms. The lowest BCUT2D eigenvalue weighted by atomic mass is 10.1. The maximum Gasteiger partial charge on any atom is 0.208 e. The van der Waals surface area contributed by atoms with Crippen molar-refractivity contribution in [3.8, 4) is 11.3 Å². The van der Waals surface area contributed by atoms with Gasteiger partial charge in [0.15, 0.2) is 0 Å². The van der Waals surface area contributed by atoms with E-state index in [4.69, 9.17) is 11.6 Å². The molecule has 1 saturated heterocycles. The van der Waals surface area contributed by atoms with Crippen molar-refractivity contribution < 1.29 is 8.42 Å². The van der Waals surface area contributed by atoms with E-state index in [0.29, 0.717) is 5.02 Å². The van der Waals surface area contributed by atoms with Gasteiger partial charge in [-0.3, -0.25) is 4.98 Å². The van der Waals surface area contributed by atoms with Gasteiger partial charge in [0.2, 0.25) is 10.0 Å². The molecular formula is C17H21ClN4O2S. The molecule has 0 bridgehead atoms. The van der Waals surface area contributed by atoms with Crippen LogP contribution in [0.3, 0.4) is 0 Å². The normalized spacial score (nSPS) is 16.2. The minimum atomic E-state index is -3.17. The van der Waals surface area contributed by atoms with Gasteiger partial charge < -0.3 is 4.90 Å². The first-order chi connectivity index (χ1) is 11.8. The van der Waals surface area contributed by atoms with Crippen LogP contribution in [0.5, 0.6) is 0 Å². The van der Waals surface area contributed by atoms with Crippen molar-refractivity contribution in [3.05, 3.63) is 41.2 Å². The summed E-state index contributed by atoms with van der Waals surface area (Å²) >= 11 is 6.31. The van der Waals surface area contributed by atoms with Gasteiger partial charge in [0.25, 0.3) is 0 Å². The van der Waals surface area contributed by atoms with Gasteiger partial charge in [-0.2, -0.15) is 0 Å². The molecule has 1 fully saturated rings. The first-order valence-corrected chi connectivity index (χ1v) is 10.4. The molecule has 1 aliphatic heterocycles. The zero-order valence-corrected chi connectivity index (χ0v) is 15.8. The Balaban J connectivity index is 1.76. The van der Waals surface area contributed by atoms with Crippen molar-refractivity contribution >= 4 is 27.4 Å². The Kier molecular flexibility index (Phi) is 5.27. The number of aromatic nitrogens is 2. The predicted molar refractivity (Wildman–Crippen MR) is 100 cm³/mol. The van der Waals surface area contributed by atoms with Crippen LogP contribution in [-0.2, 0) is 10.0 Å². The summed E-state index contributed by atoms with van der Waals surface area (Å²) in [5, 5.41) is 0.564. The van der Waals surface area contributed by atoms with E-state index in [1.54, 1.807) is 6.20 Å². The average Bonchev–Trinajstić information content (AvgIpc) is 2.56.